The van der Waals surface area contributed by atoms with Crippen molar-refractivity contribution in [3.05, 3.63) is 12.2 Å². The minimum atomic E-state index is -1.35. The Morgan fingerprint density at radius 3 is 2.52 bits per heavy atom. The second-order valence-corrected chi connectivity index (χ2v) is 11.0. The van der Waals surface area contributed by atoms with E-state index in [1.165, 1.54) is 11.8 Å². The lowest BCUT2D eigenvalue weighted by atomic mass is 9.88. The Balaban J connectivity index is 2.30. The SMILES string of the molecule is C[C@@H]1C=CCCCS[C@H]2O[C@@H]([C@H](O)[C@H](O)[C@H]2O)[C@@H]1N[S@+]([O-])C(C)(C)C. The Bertz CT molecular complexity index is 459. The molecule has 1 saturated heterocycles. The van der Waals surface area contributed by atoms with Crippen molar-refractivity contribution in [2.75, 3.05) is 5.75 Å². The molecule has 0 aliphatic carbocycles. The van der Waals surface area contributed by atoms with Crippen LogP contribution < -0.4 is 4.72 Å². The van der Waals surface area contributed by atoms with Gasteiger partial charge in [0.2, 0.25) is 0 Å². The van der Waals surface area contributed by atoms with Crippen molar-refractivity contribution in [1.29, 1.82) is 0 Å². The van der Waals surface area contributed by atoms with Gasteiger partial charge in [-0.05, 0) is 45.3 Å². The van der Waals surface area contributed by atoms with Crippen molar-refractivity contribution < 1.29 is 24.6 Å². The fraction of sp³-hybridized carbons (Fsp3) is 0.882. The number of allylic oxidation sites excluding steroid dienone is 1. The maximum absolute atomic E-state index is 12.6. The molecule has 2 heterocycles. The van der Waals surface area contributed by atoms with Gasteiger partial charge < -0.3 is 24.6 Å². The molecule has 8 heteroatoms. The molecule has 0 saturated carbocycles. The molecule has 6 nitrogen and oxygen atoms in total. The fourth-order valence-corrected chi connectivity index (χ4v) is 4.99. The monoisotopic (exact) mass is 393 g/mol. The van der Waals surface area contributed by atoms with Gasteiger partial charge in [-0.3, -0.25) is 0 Å². The summed E-state index contributed by atoms with van der Waals surface area (Å²) in [6.45, 7) is 7.59. The van der Waals surface area contributed by atoms with E-state index in [2.05, 4.69) is 10.8 Å². The molecular weight excluding hydrogens is 362 g/mol. The van der Waals surface area contributed by atoms with Crippen LogP contribution in [0.2, 0.25) is 0 Å². The van der Waals surface area contributed by atoms with E-state index in [-0.39, 0.29) is 5.92 Å². The topological polar surface area (TPSA) is 105 Å². The first-order valence-corrected chi connectivity index (χ1v) is 11.0. The van der Waals surface area contributed by atoms with Gasteiger partial charge >= 0.3 is 0 Å². The molecule has 8 atom stereocenters. The standard InChI is InChI=1S/C17H31NO5S2/c1-10-8-6-5-7-9-24-16-14(21)12(19)13(20)15(23-16)11(10)18-25(22)17(2,3)4/h6,8,10-16,18-21H,5,7,9H2,1-4H3/t10-,11-,12+,13-,14-,15-,16-,25-/m1/s1. The molecule has 0 unspecified atom stereocenters. The predicted octanol–water partition coefficient (Wildman–Crippen LogP) is 0.934. The highest BCUT2D eigenvalue weighted by Gasteiger charge is 2.49. The summed E-state index contributed by atoms with van der Waals surface area (Å²) in [7, 11) is 0. The molecule has 0 aromatic carbocycles. The van der Waals surface area contributed by atoms with Crippen molar-refractivity contribution >= 4 is 23.1 Å². The molecule has 146 valence electrons. The Morgan fingerprint density at radius 2 is 1.88 bits per heavy atom. The minimum Gasteiger partial charge on any atom is -0.598 e. The Labute approximate surface area is 157 Å². The summed E-state index contributed by atoms with van der Waals surface area (Å²) in [4.78, 5) is 0. The highest BCUT2D eigenvalue weighted by molar-refractivity contribution is 7.99. The number of aliphatic hydroxyl groups is 3. The maximum atomic E-state index is 12.6. The maximum Gasteiger partial charge on any atom is 0.136 e. The van der Waals surface area contributed by atoms with Gasteiger partial charge in [0.15, 0.2) is 0 Å². The lowest BCUT2D eigenvalue weighted by Gasteiger charge is -2.44. The first-order valence-electron chi connectivity index (χ1n) is 8.79. The number of hydrogen-bond acceptors (Lipinski definition) is 7. The summed E-state index contributed by atoms with van der Waals surface area (Å²) in [5.74, 6) is 0.735. The Hall–Kier alpha value is 0.200. The van der Waals surface area contributed by atoms with Crippen molar-refractivity contribution in [3.8, 4) is 0 Å². The smallest absolute Gasteiger partial charge is 0.136 e. The fourth-order valence-electron chi connectivity index (χ4n) is 2.91. The average Bonchev–Trinajstić information content (AvgIpc) is 2.56. The van der Waals surface area contributed by atoms with Crippen molar-refractivity contribution in [1.82, 2.24) is 4.72 Å². The van der Waals surface area contributed by atoms with Crippen molar-refractivity contribution in [2.45, 2.75) is 81.2 Å². The molecule has 0 spiro atoms. The number of ether oxygens (including phenoxy) is 1. The number of hydrogen-bond donors (Lipinski definition) is 4. The van der Waals surface area contributed by atoms with E-state index in [1.807, 2.05) is 33.8 Å². The van der Waals surface area contributed by atoms with Gasteiger partial charge in [0.1, 0.15) is 34.6 Å². The third-order valence-electron chi connectivity index (χ3n) is 4.56. The summed E-state index contributed by atoms with van der Waals surface area (Å²) in [5, 5.41) is 31.0. The van der Waals surface area contributed by atoms with Crippen LogP contribution in [0, 0.1) is 5.92 Å². The molecule has 0 amide bonds. The van der Waals surface area contributed by atoms with Crippen LogP contribution in [0.3, 0.4) is 0 Å². The number of thioether (sulfide) groups is 1. The number of rotatable bonds is 2. The molecule has 2 aliphatic heterocycles. The predicted molar refractivity (Wildman–Crippen MR) is 101 cm³/mol. The first-order chi connectivity index (χ1) is 11.6. The lowest BCUT2D eigenvalue weighted by Crippen LogP contribution is -2.64. The van der Waals surface area contributed by atoms with Crippen LogP contribution in [-0.4, -0.2) is 66.3 Å². The van der Waals surface area contributed by atoms with Gasteiger partial charge in [-0.25, -0.2) is 0 Å². The zero-order valence-electron chi connectivity index (χ0n) is 15.3. The van der Waals surface area contributed by atoms with E-state index in [4.69, 9.17) is 4.74 Å². The van der Waals surface area contributed by atoms with E-state index in [1.54, 1.807) is 0 Å². The molecule has 2 aliphatic rings. The Morgan fingerprint density at radius 1 is 1.20 bits per heavy atom. The van der Waals surface area contributed by atoms with E-state index >= 15 is 0 Å². The molecule has 0 aromatic rings. The van der Waals surface area contributed by atoms with E-state index in [9.17, 15) is 19.9 Å². The van der Waals surface area contributed by atoms with E-state index in [0.29, 0.717) is 0 Å². The van der Waals surface area contributed by atoms with Crippen LogP contribution in [-0.2, 0) is 16.1 Å². The highest BCUT2D eigenvalue weighted by atomic mass is 32.2. The van der Waals surface area contributed by atoms with Crippen LogP contribution >= 0.6 is 11.8 Å². The first kappa shape index (κ1) is 21.5. The molecule has 2 bridgehead atoms. The molecule has 0 radical (unpaired) electrons. The van der Waals surface area contributed by atoms with Crippen molar-refractivity contribution in [2.24, 2.45) is 5.92 Å². The third kappa shape index (κ3) is 5.35. The molecule has 25 heavy (non-hydrogen) atoms. The zero-order chi connectivity index (χ0) is 18.8. The zero-order valence-corrected chi connectivity index (χ0v) is 16.9. The second kappa shape index (κ2) is 8.93. The van der Waals surface area contributed by atoms with Gasteiger partial charge in [0.05, 0.1) is 6.04 Å². The number of aliphatic hydroxyl groups excluding tert-OH is 3. The Kier molecular flexibility index (Phi) is 7.68. The molecule has 4 N–H and O–H groups in total. The summed E-state index contributed by atoms with van der Waals surface area (Å²) < 4.78 is 21.2. The third-order valence-corrected chi connectivity index (χ3v) is 7.40. The lowest BCUT2D eigenvalue weighted by molar-refractivity contribution is -0.205. The molecular formula is C17H31NO5S2. The van der Waals surface area contributed by atoms with Crippen LogP contribution in [0.25, 0.3) is 0 Å². The normalized spacial score (nSPS) is 41.8. The average molecular weight is 394 g/mol. The number of fused-ring (bicyclic) bond motifs is 2. The van der Waals surface area contributed by atoms with Gasteiger partial charge in [-0.2, -0.15) is 0 Å². The van der Waals surface area contributed by atoms with E-state index < -0.39 is 52.0 Å². The van der Waals surface area contributed by atoms with E-state index in [0.717, 1.165) is 18.6 Å². The molecule has 1 fully saturated rings. The molecule has 2 rings (SSSR count). The van der Waals surface area contributed by atoms with Crippen LogP contribution in [0.1, 0.15) is 40.5 Å². The van der Waals surface area contributed by atoms with Crippen LogP contribution in [0.4, 0.5) is 0 Å². The molecule has 0 aromatic heterocycles. The minimum absolute atomic E-state index is 0.0582. The van der Waals surface area contributed by atoms with Crippen LogP contribution in [0.5, 0.6) is 0 Å². The van der Waals surface area contributed by atoms with Gasteiger partial charge in [0, 0.05) is 11.4 Å². The highest BCUT2D eigenvalue weighted by Crippen LogP contribution is 2.33. The van der Waals surface area contributed by atoms with Gasteiger partial charge in [0.25, 0.3) is 0 Å². The van der Waals surface area contributed by atoms with Gasteiger partial charge in [-0.1, -0.05) is 19.1 Å². The quantitative estimate of drug-likeness (QED) is 0.409. The summed E-state index contributed by atoms with van der Waals surface area (Å²) >= 11 is 0.0913. The second-order valence-electron chi connectivity index (χ2n) is 7.77. The number of nitrogens with one attached hydrogen (secondary N) is 1. The van der Waals surface area contributed by atoms with Gasteiger partial charge in [-0.15, -0.1) is 16.5 Å². The largest absolute Gasteiger partial charge is 0.598 e. The summed E-state index contributed by atoms with van der Waals surface area (Å²) in [5.41, 5.74) is -0.610. The summed E-state index contributed by atoms with van der Waals surface area (Å²) in [6.07, 6.45) is 1.53. The van der Waals surface area contributed by atoms with Crippen LogP contribution in [0.15, 0.2) is 12.2 Å². The summed E-state index contributed by atoms with van der Waals surface area (Å²) in [6, 6.07) is -0.449. The van der Waals surface area contributed by atoms with Crippen molar-refractivity contribution in [3.63, 3.8) is 0 Å².